The zero-order valence-corrected chi connectivity index (χ0v) is 8.47. The third-order valence-corrected chi connectivity index (χ3v) is 3.76. The van der Waals surface area contributed by atoms with Crippen molar-refractivity contribution in [1.29, 1.82) is 0 Å². The molecule has 0 spiro atoms. The Morgan fingerprint density at radius 3 is 3.17 bits per heavy atom. The highest BCUT2D eigenvalue weighted by atomic mass is 79.9. The summed E-state index contributed by atoms with van der Waals surface area (Å²) in [6.07, 6.45) is 1.20. The van der Waals surface area contributed by atoms with Crippen molar-refractivity contribution in [2.75, 3.05) is 6.54 Å². The van der Waals surface area contributed by atoms with Gasteiger partial charge in [-0.3, -0.25) is 5.43 Å². The van der Waals surface area contributed by atoms with E-state index >= 15 is 0 Å². The molecule has 0 bridgehead atoms. The number of rotatable bonds is 0. The molecule has 2 rings (SSSR count). The van der Waals surface area contributed by atoms with Crippen LogP contribution in [0.5, 0.6) is 0 Å². The lowest BCUT2D eigenvalue weighted by molar-refractivity contribution is 0.161. The Kier molecular flexibility index (Phi) is 2.00. The second kappa shape index (κ2) is 2.88. The minimum absolute atomic E-state index is 0.00338. The molecular formula is C7H12BrN3O. The van der Waals surface area contributed by atoms with E-state index in [0.717, 1.165) is 13.0 Å². The summed E-state index contributed by atoms with van der Waals surface area (Å²) in [6.45, 7) is 2.99. The molecule has 2 amide bonds. The summed E-state index contributed by atoms with van der Waals surface area (Å²) in [4.78, 5) is 13.5. The van der Waals surface area contributed by atoms with Gasteiger partial charge in [-0.2, -0.15) is 0 Å². The molecule has 5 heteroatoms. The third kappa shape index (κ3) is 1.21. The van der Waals surface area contributed by atoms with E-state index in [1.54, 1.807) is 0 Å². The summed E-state index contributed by atoms with van der Waals surface area (Å²) < 4.78 is 0. The van der Waals surface area contributed by atoms with Gasteiger partial charge < -0.3 is 4.90 Å². The second-order valence-corrected chi connectivity index (χ2v) is 4.65. The monoisotopic (exact) mass is 233 g/mol. The number of hydrogen-bond donors (Lipinski definition) is 2. The fraction of sp³-hybridized carbons (Fsp3) is 0.857. The van der Waals surface area contributed by atoms with Crippen LogP contribution in [0.1, 0.15) is 13.3 Å². The van der Waals surface area contributed by atoms with E-state index in [4.69, 9.17) is 0 Å². The first-order valence-corrected chi connectivity index (χ1v) is 5.06. The maximum Gasteiger partial charge on any atom is 0.333 e. The van der Waals surface area contributed by atoms with Crippen LogP contribution in [-0.2, 0) is 0 Å². The summed E-state index contributed by atoms with van der Waals surface area (Å²) in [5, 5.41) is 0. The maximum absolute atomic E-state index is 11.2. The average Bonchev–Trinajstić information content (AvgIpc) is 2.35. The highest BCUT2D eigenvalue weighted by Crippen LogP contribution is 2.27. The van der Waals surface area contributed by atoms with Gasteiger partial charge in [0.1, 0.15) is 6.17 Å². The highest BCUT2D eigenvalue weighted by Gasteiger charge is 2.38. The van der Waals surface area contributed by atoms with Crippen molar-refractivity contribution in [1.82, 2.24) is 15.8 Å². The Bertz CT molecular complexity index is 211. The molecule has 3 atom stereocenters. The number of hydrazine groups is 1. The Labute approximate surface area is 79.8 Å². The van der Waals surface area contributed by atoms with Crippen LogP contribution in [0.15, 0.2) is 0 Å². The van der Waals surface area contributed by atoms with Gasteiger partial charge in [-0.05, 0) is 12.3 Å². The first-order chi connectivity index (χ1) is 5.68. The van der Waals surface area contributed by atoms with Crippen LogP contribution in [0.4, 0.5) is 4.79 Å². The number of amides is 2. The molecule has 12 heavy (non-hydrogen) atoms. The standard InChI is InChI=1S/C7H12BrN3O/c1-4-2-6-9-10-7(12)11(6)3-5(4)8/h4-6,9H,2-3H2,1H3,(H,10,12). The lowest BCUT2D eigenvalue weighted by Gasteiger charge is -2.35. The number of fused-ring (bicyclic) bond motifs is 1. The number of carbonyl (C=O) groups is 1. The van der Waals surface area contributed by atoms with E-state index in [-0.39, 0.29) is 12.2 Å². The molecule has 0 saturated carbocycles. The molecular weight excluding hydrogens is 222 g/mol. The van der Waals surface area contributed by atoms with Crippen LogP contribution >= 0.6 is 15.9 Å². The van der Waals surface area contributed by atoms with Gasteiger partial charge in [0.05, 0.1) is 0 Å². The molecule has 2 aliphatic rings. The Morgan fingerprint density at radius 2 is 2.42 bits per heavy atom. The van der Waals surface area contributed by atoms with Crippen molar-refractivity contribution in [3.8, 4) is 0 Å². The van der Waals surface area contributed by atoms with Crippen molar-refractivity contribution in [3.05, 3.63) is 0 Å². The van der Waals surface area contributed by atoms with Crippen LogP contribution in [-0.4, -0.2) is 28.5 Å². The molecule has 0 radical (unpaired) electrons. The number of piperidine rings is 1. The fourth-order valence-electron chi connectivity index (χ4n) is 1.70. The minimum atomic E-state index is -0.00338. The van der Waals surface area contributed by atoms with E-state index in [9.17, 15) is 4.79 Å². The normalized spacial score (nSPS) is 41.0. The molecule has 3 unspecified atom stereocenters. The first-order valence-electron chi connectivity index (χ1n) is 4.14. The molecule has 2 saturated heterocycles. The zero-order chi connectivity index (χ0) is 8.72. The van der Waals surface area contributed by atoms with Crippen LogP contribution in [0.2, 0.25) is 0 Å². The number of alkyl halides is 1. The molecule has 0 aromatic carbocycles. The number of urea groups is 1. The zero-order valence-electron chi connectivity index (χ0n) is 6.88. The van der Waals surface area contributed by atoms with E-state index in [1.807, 2.05) is 4.90 Å². The van der Waals surface area contributed by atoms with Crippen LogP contribution in [0.3, 0.4) is 0 Å². The predicted octanol–water partition coefficient (Wildman–Crippen LogP) is 0.646. The van der Waals surface area contributed by atoms with E-state index in [2.05, 4.69) is 33.7 Å². The van der Waals surface area contributed by atoms with Gasteiger partial charge >= 0.3 is 6.03 Å². The molecule has 0 aromatic heterocycles. The van der Waals surface area contributed by atoms with Crippen molar-refractivity contribution >= 4 is 22.0 Å². The SMILES string of the molecule is CC1CC2NNC(=O)N2CC1Br. The van der Waals surface area contributed by atoms with Gasteiger partial charge in [-0.1, -0.05) is 22.9 Å². The molecule has 2 heterocycles. The molecule has 2 aliphatic heterocycles. The van der Waals surface area contributed by atoms with Gasteiger partial charge in [0, 0.05) is 11.4 Å². The van der Waals surface area contributed by atoms with Crippen LogP contribution in [0, 0.1) is 5.92 Å². The van der Waals surface area contributed by atoms with Crippen LogP contribution < -0.4 is 10.9 Å². The molecule has 0 aliphatic carbocycles. The number of halogens is 1. The second-order valence-electron chi connectivity index (χ2n) is 3.47. The first kappa shape index (κ1) is 8.31. The van der Waals surface area contributed by atoms with Gasteiger partial charge in [0.25, 0.3) is 0 Å². The molecule has 4 nitrogen and oxygen atoms in total. The lowest BCUT2D eigenvalue weighted by atomic mass is 9.97. The summed E-state index contributed by atoms with van der Waals surface area (Å²) in [7, 11) is 0. The number of hydrogen-bond acceptors (Lipinski definition) is 2. The largest absolute Gasteiger partial charge is 0.333 e. The molecule has 0 aromatic rings. The topological polar surface area (TPSA) is 44.4 Å². The average molecular weight is 234 g/mol. The van der Waals surface area contributed by atoms with E-state index in [0.29, 0.717) is 10.7 Å². The Morgan fingerprint density at radius 1 is 1.67 bits per heavy atom. The number of nitrogens with one attached hydrogen (secondary N) is 2. The minimum Gasteiger partial charge on any atom is -0.305 e. The summed E-state index contributed by atoms with van der Waals surface area (Å²) >= 11 is 3.57. The summed E-state index contributed by atoms with van der Waals surface area (Å²) in [5.74, 6) is 0.617. The molecule has 2 N–H and O–H groups in total. The van der Waals surface area contributed by atoms with Crippen molar-refractivity contribution < 1.29 is 4.79 Å². The molecule has 2 fully saturated rings. The predicted molar refractivity (Wildman–Crippen MR) is 48.7 cm³/mol. The number of nitrogens with zero attached hydrogens (tertiary/aromatic N) is 1. The van der Waals surface area contributed by atoms with Crippen LogP contribution in [0.25, 0.3) is 0 Å². The van der Waals surface area contributed by atoms with Gasteiger partial charge in [-0.15, -0.1) is 0 Å². The lowest BCUT2D eigenvalue weighted by Crippen LogP contribution is -2.48. The maximum atomic E-state index is 11.2. The summed E-state index contributed by atoms with van der Waals surface area (Å²) in [5.41, 5.74) is 5.58. The van der Waals surface area contributed by atoms with Crippen molar-refractivity contribution in [2.24, 2.45) is 5.92 Å². The highest BCUT2D eigenvalue weighted by molar-refractivity contribution is 9.09. The van der Waals surface area contributed by atoms with Crippen molar-refractivity contribution in [3.63, 3.8) is 0 Å². The van der Waals surface area contributed by atoms with Gasteiger partial charge in [-0.25, -0.2) is 10.2 Å². The van der Waals surface area contributed by atoms with Gasteiger partial charge in [0.2, 0.25) is 0 Å². The quantitative estimate of drug-likeness (QED) is 0.604. The Hall–Kier alpha value is -0.290. The van der Waals surface area contributed by atoms with Crippen molar-refractivity contribution in [2.45, 2.75) is 24.3 Å². The molecule has 68 valence electrons. The fourth-order valence-corrected chi connectivity index (χ4v) is 2.23. The summed E-state index contributed by atoms with van der Waals surface area (Å²) in [6, 6.07) is -0.00338. The smallest absolute Gasteiger partial charge is 0.305 e. The Balaban J connectivity index is 2.09. The third-order valence-electron chi connectivity index (χ3n) is 2.57. The van der Waals surface area contributed by atoms with E-state index < -0.39 is 0 Å². The number of carbonyl (C=O) groups excluding carboxylic acids is 1. The van der Waals surface area contributed by atoms with Gasteiger partial charge in [0.15, 0.2) is 0 Å². The van der Waals surface area contributed by atoms with E-state index in [1.165, 1.54) is 0 Å².